The maximum absolute atomic E-state index is 12.5. The number of amides is 1. The Morgan fingerprint density at radius 1 is 1.19 bits per heavy atom. The predicted octanol–water partition coefficient (Wildman–Crippen LogP) is 1.94. The second kappa shape index (κ2) is 9.07. The second-order valence-electron chi connectivity index (χ2n) is 6.04. The number of methoxy groups -OCH3 is 2. The highest BCUT2D eigenvalue weighted by Gasteiger charge is 2.25. The van der Waals surface area contributed by atoms with Crippen molar-refractivity contribution in [3.8, 4) is 23.4 Å². The largest absolute Gasteiger partial charge is 0.493 e. The molecule has 0 aliphatic carbocycles. The van der Waals surface area contributed by atoms with E-state index in [4.69, 9.17) is 18.9 Å². The summed E-state index contributed by atoms with van der Waals surface area (Å²) in [5.41, 5.74) is 0. The number of hydrogen-bond acceptors (Lipinski definition) is 7. The molecule has 8 heteroatoms. The first-order valence-corrected chi connectivity index (χ1v) is 8.77. The van der Waals surface area contributed by atoms with E-state index in [1.54, 1.807) is 36.4 Å². The van der Waals surface area contributed by atoms with E-state index in [1.165, 1.54) is 7.11 Å². The number of carbonyl (C=O) groups is 1. The highest BCUT2D eigenvalue weighted by Crippen LogP contribution is 2.26. The smallest absolute Gasteiger partial charge is 0.319 e. The molecular formula is C19H23N3O5. The second-order valence-corrected chi connectivity index (χ2v) is 6.04. The van der Waals surface area contributed by atoms with Crippen LogP contribution in [-0.2, 0) is 4.79 Å². The molecule has 2 aromatic rings. The van der Waals surface area contributed by atoms with Crippen molar-refractivity contribution in [3.05, 3.63) is 36.5 Å². The van der Waals surface area contributed by atoms with Gasteiger partial charge in [0.2, 0.25) is 5.88 Å². The van der Waals surface area contributed by atoms with Crippen molar-refractivity contribution in [2.24, 2.45) is 0 Å². The summed E-state index contributed by atoms with van der Waals surface area (Å²) in [5, 5.41) is 0. The number of ether oxygens (including phenoxy) is 4. The van der Waals surface area contributed by atoms with E-state index in [0.717, 1.165) is 12.8 Å². The van der Waals surface area contributed by atoms with Gasteiger partial charge in [0.05, 0.1) is 20.8 Å². The summed E-state index contributed by atoms with van der Waals surface area (Å²) in [6.45, 7) is 1.12. The summed E-state index contributed by atoms with van der Waals surface area (Å²) >= 11 is 0. The molecule has 0 bridgehead atoms. The van der Waals surface area contributed by atoms with Crippen LogP contribution in [0.2, 0.25) is 0 Å². The Balaban J connectivity index is 1.54. The first-order valence-electron chi connectivity index (χ1n) is 8.77. The van der Waals surface area contributed by atoms with Crippen LogP contribution in [0.4, 0.5) is 0 Å². The lowest BCUT2D eigenvalue weighted by Gasteiger charge is -2.32. The van der Waals surface area contributed by atoms with E-state index in [0.29, 0.717) is 30.5 Å². The molecule has 1 aliphatic rings. The average molecular weight is 373 g/mol. The quantitative estimate of drug-likeness (QED) is 0.733. The van der Waals surface area contributed by atoms with Crippen molar-refractivity contribution in [2.45, 2.75) is 18.9 Å². The molecule has 27 heavy (non-hydrogen) atoms. The van der Waals surface area contributed by atoms with Crippen molar-refractivity contribution in [3.63, 3.8) is 0 Å². The Morgan fingerprint density at radius 3 is 2.78 bits per heavy atom. The third kappa shape index (κ3) is 4.99. The average Bonchev–Trinajstić information content (AvgIpc) is 2.72. The zero-order chi connectivity index (χ0) is 19.1. The molecule has 1 atom stereocenters. The molecule has 0 saturated carbocycles. The number of benzene rings is 1. The number of aromatic nitrogens is 2. The van der Waals surface area contributed by atoms with E-state index in [1.807, 2.05) is 12.1 Å². The molecule has 0 radical (unpaired) electrons. The Kier molecular flexibility index (Phi) is 6.30. The van der Waals surface area contributed by atoms with Gasteiger partial charge in [0, 0.05) is 18.8 Å². The number of piperidine rings is 1. The molecule has 1 saturated heterocycles. The molecular weight excluding hydrogens is 350 g/mol. The molecule has 8 nitrogen and oxygen atoms in total. The molecule has 1 fully saturated rings. The summed E-state index contributed by atoms with van der Waals surface area (Å²) < 4.78 is 21.8. The molecule has 0 spiro atoms. The lowest BCUT2D eigenvalue weighted by atomic mass is 10.1. The number of carbonyl (C=O) groups excluding carboxylic acids is 1. The Morgan fingerprint density at radius 2 is 2.00 bits per heavy atom. The fourth-order valence-corrected chi connectivity index (χ4v) is 2.89. The third-order valence-electron chi connectivity index (χ3n) is 4.23. The molecule has 2 heterocycles. The van der Waals surface area contributed by atoms with Gasteiger partial charge in [-0.2, -0.15) is 4.98 Å². The molecule has 1 aliphatic heterocycles. The van der Waals surface area contributed by atoms with Crippen LogP contribution >= 0.6 is 0 Å². The van der Waals surface area contributed by atoms with Gasteiger partial charge >= 0.3 is 6.01 Å². The van der Waals surface area contributed by atoms with Crippen LogP contribution < -0.4 is 18.9 Å². The monoisotopic (exact) mass is 373 g/mol. The summed E-state index contributed by atoms with van der Waals surface area (Å²) in [6, 6.07) is 9.18. The molecule has 3 rings (SSSR count). The van der Waals surface area contributed by atoms with Crippen molar-refractivity contribution in [1.82, 2.24) is 14.9 Å². The lowest BCUT2D eigenvalue weighted by Crippen LogP contribution is -2.46. The minimum Gasteiger partial charge on any atom is -0.493 e. The molecule has 144 valence electrons. The van der Waals surface area contributed by atoms with Gasteiger partial charge < -0.3 is 23.8 Å². The van der Waals surface area contributed by atoms with Crippen LogP contribution in [-0.4, -0.2) is 60.8 Å². The van der Waals surface area contributed by atoms with Gasteiger partial charge in [-0.25, -0.2) is 4.98 Å². The number of likely N-dealkylation sites (tertiary alicyclic amines) is 1. The zero-order valence-electron chi connectivity index (χ0n) is 15.5. The molecule has 1 aromatic heterocycles. The van der Waals surface area contributed by atoms with E-state index in [-0.39, 0.29) is 24.6 Å². The van der Waals surface area contributed by atoms with Gasteiger partial charge in [0.1, 0.15) is 6.10 Å². The number of nitrogens with zero attached hydrogens (tertiary/aromatic N) is 3. The summed E-state index contributed by atoms with van der Waals surface area (Å²) in [4.78, 5) is 22.4. The van der Waals surface area contributed by atoms with E-state index < -0.39 is 0 Å². The van der Waals surface area contributed by atoms with Crippen molar-refractivity contribution in [1.29, 1.82) is 0 Å². The van der Waals surface area contributed by atoms with E-state index >= 15 is 0 Å². The third-order valence-corrected chi connectivity index (χ3v) is 4.23. The summed E-state index contributed by atoms with van der Waals surface area (Å²) in [6.07, 6.45) is 3.15. The van der Waals surface area contributed by atoms with Gasteiger partial charge in [-0.3, -0.25) is 4.79 Å². The summed E-state index contributed by atoms with van der Waals surface area (Å²) in [7, 11) is 3.07. The number of para-hydroxylation sites is 2. The van der Waals surface area contributed by atoms with Crippen molar-refractivity contribution < 1.29 is 23.7 Å². The van der Waals surface area contributed by atoms with Crippen LogP contribution in [0.25, 0.3) is 0 Å². The highest BCUT2D eigenvalue weighted by molar-refractivity contribution is 5.78. The molecule has 1 amide bonds. The first-order chi connectivity index (χ1) is 13.2. The van der Waals surface area contributed by atoms with Crippen LogP contribution in [0.3, 0.4) is 0 Å². The zero-order valence-corrected chi connectivity index (χ0v) is 15.5. The van der Waals surface area contributed by atoms with Crippen LogP contribution in [0.15, 0.2) is 36.5 Å². The first kappa shape index (κ1) is 18.8. The normalized spacial score (nSPS) is 16.5. The minimum atomic E-state index is -0.131. The van der Waals surface area contributed by atoms with Gasteiger partial charge in [-0.05, 0) is 25.0 Å². The van der Waals surface area contributed by atoms with Crippen molar-refractivity contribution in [2.75, 3.05) is 33.9 Å². The minimum absolute atomic E-state index is 0.0472. The Hall–Kier alpha value is -3.03. The van der Waals surface area contributed by atoms with Gasteiger partial charge in [0.15, 0.2) is 18.1 Å². The topological polar surface area (TPSA) is 83.0 Å². The van der Waals surface area contributed by atoms with E-state index in [9.17, 15) is 4.79 Å². The maximum Gasteiger partial charge on any atom is 0.319 e. The Labute approximate surface area is 158 Å². The van der Waals surface area contributed by atoms with Gasteiger partial charge in [0.25, 0.3) is 5.91 Å². The van der Waals surface area contributed by atoms with Crippen molar-refractivity contribution >= 4 is 5.91 Å². The SMILES string of the molecule is COc1nccc(OC2CCCN(C(=O)COc3ccccc3OC)C2)n1. The number of hydrogen-bond donors (Lipinski definition) is 0. The molecule has 1 aromatic carbocycles. The Bertz CT molecular complexity index is 771. The predicted molar refractivity (Wildman–Crippen MR) is 97.3 cm³/mol. The molecule has 1 unspecified atom stereocenters. The molecule has 0 N–H and O–H groups in total. The highest BCUT2D eigenvalue weighted by atomic mass is 16.5. The van der Waals surface area contributed by atoms with E-state index in [2.05, 4.69) is 9.97 Å². The van der Waals surface area contributed by atoms with Gasteiger partial charge in [-0.1, -0.05) is 12.1 Å². The van der Waals surface area contributed by atoms with Crippen LogP contribution in [0.5, 0.6) is 23.4 Å². The van der Waals surface area contributed by atoms with Gasteiger partial charge in [-0.15, -0.1) is 0 Å². The number of rotatable bonds is 7. The summed E-state index contributed by atoms with van der Waals surface area (Å²) in [5.74, 6) is 1.50. The fourth-order valence-electron chi connectivity index (χ4n) is 2.89. The van der Waals surface area contributed by atoms with Crippen LogP contribution in [0.1, 0.15) is 12.8 Å². The van der Waals surface area contributed by atoms with Crippen LogP contribution in [0, 0.1) is 0 Å². The standard InChI is InChI=1S/C19H23N3O5/c1-24-15-7-3-4-8-16(15)26-13-18(23)22-11-5-6-14(12-22)27-17-9-10-20-19(21-17)25-2/h3-4,7-10,14H,5-6,11-13H2,1-2H3. The maximum atomic E-state index is 12.5. The lowest BCUT2D eigenvalue weighted by molar-refractivity contribution is -0.136. The fraction of sp³-hybridized carbons (Fsp3) is 0.421.